The van der Waals surface area contributed by atoms with E-state index in [0.717, 1.165) is 17.0 Å². The van der Waals surface area contributed by atoms with E-state index in [0.29, 0.717) is 6.07 Å². The van der Waals surface area contributed by atoms with Gasteiger partial charge in [0.05, 0.1) is 5.69 Å². The van der Waals surface area contributed by atoms with Gasteiger partial charge in [-0.2, -0.15) is 0 Å². The number of nitrogens with one attached hydrogen (secondary N) is 1. The summed E-state index contributed by atoms with van der Waals surface area (Å²) in [5, 5.41) is 3.86. The molecular weight excluding hydrogens is 343 g/mol. The number of amides is 1. The molecule has 0 radical (unpaired) electrons. The summed E-state index contributed by atoms with van der Waals surface area (Å²) >= 11 is 1.41. The molecule has 1 aromatic carbocycles. The van der Waals surface area contributed by atoms with E-state index in [1.165, 1.54) is 24.3 Å². The number of hydrogen-bond acceptors (Lipinski definition) is 4. The number of carbonyl (C=O) groups excluding carboxylic acids is 2. The van der Waals surface area contributed by atoms with Crippen LogP contribution in [-0.2, 0) is 14.3 Å². The predicted molar refractivity (Wildman–Crippen MR) is 83.9 cm³/mol. The molecule has 8 heteroatoms. The van der Waals surface area contributed by atoms with Crippen LogP contribution in [-0.4, -0.2) is 18.0 Å². The van der Waals surface area contributed by atoms with Crippen LogP contribution in [0.3, 0.4) is 0 Å². The summed E-state index contributed by atoms with van der Waals surface area (Å²) in [6, 6.07) is 5.14. The molecule has 1 aromatic heterocycles. The summed E-state index contributed by atoms with van der Waals surface area (Å²) in [4.78, 5) is 24.3. The smallest absolute Gasteiger partial charge is 0.331 e. The molecule has 1 heterocycles. The molecule has 0 spiro atoms. The van der Waals surface area contributed by atoms with Gasteiger partial charge in [-0.05, 0) is 36.6 Å². The van der Waals surface area contributed by atoms with Crippen molar-refractivity contribution in [1.82, 2.24) is 0 Å². The van der Waals surface area contributed by atoms with Crippen LogP contribution >= 0.6 is 11.3 Å². The summed E-state index contributed by atoms with van der Waals surface area (Å²) in [7, 11) is 0. The highest BCUT2D eigenvalue weighted by Gasteiger charge is 2.20. The number of halogens is 3. The minimum absolute atomic E-state index is 0.545. The Morgan fingerprint density at radius 1 is 1.21 bits per heavy atom. The lowest BCUT2D eigenvalue weighted by Crippen LogP contribution is -2.29. The Labute approximate surface area is 139 Å². The Hall–Kier alpha value is -2.61. The van der Waals surface area contributed by atoms with Crippen LogP contribution in [0, 0.1) is 17.5 Å². The highest BCUT2D eigenvalue weighted by atomic mass is 32.1. The highest BCUT2D eigenvalue weighted by Crippen LogP contribution is 2.20. The van der Waals surface area contributed by atoms with Crippen molar-refractivity contribution in [2.75, 3.05) is 5.32 Å². The minimum Gasteiger partial charge on any atom is -0.449 e. The van der Waals surface area contributed by atoms with Crippen LogP contribution in [0.25, 0.3) is 6.08 Å². The normalized spacial score (nSPS) is 12.2. The molecule has 0 fully saturated rings. The quantitative estimate of drug-likeness (QED) is 0.505. The van der Waals surface area contributed by atoms with Gasteiger partial charge < -0.3 is 10.1 Å². The van der Waals surface area contributed by atoms with Crippen molar-refractivity contribution in [3.63, 3.8) is 0 Å². The van der Waals surface area contributed by atoms with Crippen LogP contribution in [0.5, 0.6) is 0 Å². The average molecular weight is 355 g/mol. The van der Waals surface area contributed by atoms with Crippen LogP contribution in [0.4, 0.5) is 18.9 Å². The Morgan fingerprint density at radius 3 is 2.62 bits per heavy atom. The maximum absolute atomic E-state index is 13.5. The molecular formula is C16H12F3NO3S. The minimum atomic E-state index is -1.70. The Bertz CT molecular complexity index is 775. The van der Waals surface area contributed by atoms with Gasteiger partial charge in [0, 0.05) is 11.0 Å². The second kappa shape index (κ2) is 7.78. The summed E-state index contributed by atoms with van der Waals surface area (Å²) in [6.45, 7) is 1.27. The summed E-state index contributed by atoms with van der Waals surface area (Å²) in [5.41, 5.74) is -0.545. The molecule has 1 N–H and O–H groups in total. The van der Waals surface area contributed by atoms with E-state index in [1.54, 1.807) is 6.07 Å². The van der Waals surface area contributed by atoms with E-state index < -0.39 is 41.1 Å². The Morgan fingerprint density at radius 2 is 1.96 bits per heavy atom. The molecule has 0 unspecified atom stereocenters. The number of carbonyl (C=O) groups is 2. The van der Waals surface area contributed by atoms with Crippen molar-refractivity contribution >= 4 is 35.0 Å². The van der Waals surface area contributed by atoms with E-state index in [4.69, 9.17) is 4.74 Å². The number of ether oxygens (including phenoxy) is 1. The van der Waals surface area contributed by atoms with E-state index in [2.05, 4.69) is 0 Å². The average Bonchev–Trinajstić information content (AvgIpc) is 3.07. The van der Waals surface area contributed by atoms with Gasteiger partial charge in [0.2, 0.25) is 0 Å². The number of esters is 1. The molecule has 0 aliphatic heterocycles. The molecule has 24 heavy (non-hydrogen) atoms. The third-order valence-corrected chi connectivity index (χ3v) is 3.72. The number of hydrogen-bond donors (Lipinski definition) is 1. The standard InChI is InChI=1S/C16H12F3NO3S/c1-9(23-13(21)7-4-10-3-2-8-24-10)16(22)20-12-6-5-11(17)14(18)15(12)19/h2-9H,1H3,(H,20,22)/b7-4+/t9-/m1/s1. The molecule has 4 nitrogen and oxygen atoms in total. The monoisotopic (exact) mass is 355 g/mol. The van der Waals surface area contributed by atoms with Crippen molar-refractivity contribution < 1.29 is 27.5 Å². The molecule has 126 valence electrons. The lowest BCUT2D eigenvalue weighted by atomic mass is 10.2. The van der Waals surface area contributed by atoms with E-state index >= 15 is 0 Å². The van der Waals surface area contributed by atoms with E-state index in [9.17, 15) is 22.8 Å². The van der Waals surface area contributed by atoms with Crippen molar-refractivity contribution in [3.05, 3.63) is 58.1 Å². The fourth-order valence-corrected chi connectivity index (χ4v) is 2.28. The van der Waals surface area contributed by atoms with Gasteiger partial charge in [-0.1, -0.05) is 6.07 Å². The Balaban J connectivity index is 1.95. The zero-order chi connectivity index (χ0) is 17.7. The summed E-state index contributed by atoms with van der Waals surface area (Å²) < 4.78 is 44.3. The van der Waals surface area contributed by atoms with Gasteiger partial charge in [0.15, 0.2) is 23.6 Å². The molecule has 0 saturated heterocycles. The van der Waals surface area contributed by atoms with Crippen molar-refractivity contribution in [1.29, 1.82) is 0 Å². The molecule has 0 bridgehead atoms. The van der Waals surface area contributed by atoms with Crippen LogP contribution in [0.2, 0.25) is 0 Å². The predicted octanol–water partition coefficient (Wildman–Crippen LogP) is 3.75. The van der Waals surface area contributed by atoms with Gasteiger partial charge in [-0.15, -0.1) is 11.3 Å². The van der Waals surface area contributed by atoms with Gasteiger partial charge in [0.25, 0.3) is 5.91 Å². The molecule has 2 aromatic rings. The molecule has 0 aliphatic carbocycles. The van der Waals surface area contributed by atoms with Gasteiger partial charge in [-0.25, -0.2) is 18.0 Å². The van der Waals surface area contributed by atoms with Crippen LogP contribution in [0.15, 0.2) is 35.7 Å². The first-order valence-corrected chi connectivity index (χ1v) is 7.63. The summed E-state index contributed by atoms with van der Waals surface area (Å²) in [6.07, 6.45) is 1.42. The third-order valence-electron chi connectivity index (χ3n) is 2.88. The number of anilines is 1. The summed E-state index contributed by atoms with van der Waals surface area (Å²) in [5.74, 6) is -6.24. The van der Waals surface area contributed by atoms with Crippen molar-refractivity contribution in [3.8, 4) is 0 Å². The maximum Gasteiger partial charge on any atom is 0.331 e. The fraction of sp³-hybridized carbons (Fsp3) is 0.125. The van der Waals surface area contributed by atoms with Gasteiger partial charge in [0.1, 0.15) is 0 Å². The van der Waals surface area contributed by atoms with E-state index in [-0.39, 0.29) is 0 Å². The first kappa shape index (κ1) is 17.7. The number of rotatable bonds is 5. The molecule has 0 aliphatic rings. The number of benzene rings is 1. The largest absolute Gasteiger partial charge is 0.449 e. The Kier molecular flexibility index (Phi) is 5.75. The zero-order valence-electron chi connectivity index (χ0n) is 12.4. The highest BCUT2D eigenvalue weighted by molar-refractivity contribution is 7.10. The van der Waals surface area contributed by atoms with Crippen LogP contribution < -0.4 is 5.32 Å². The molecule has 1 atom stereocenters. The van der Waals surface area contributed by atoms with Gasteiger partial charge >= 0.3 is 5.97 Å². The fourth-order valence-electron chi connectivity index (χ4n) is 1.66. The maximum atomic E-state index is 13.5. The first-order chi connectivity index (χ1) is 11.4. The zero-order valence-corrected chi connectivity index (χ0v) is 13.2. The van der Waals surface area contributed by atoms with Gasteiger partial charge in [-0.3, -0.25) is 4.79 Å². The first-order valence-electron chi connectivity index (χ1n) is 6.75. The molecule has 1 amide bonds. The van der Waals surface area contributed by atoms with Crippen molar-refractivity contribution in [2.45, 2.75) is 13.0 Å². The SMILES string of the molecule is C[C@@H](OC(=O)/C=C/c1cccs1)C(=O)Nc1ccc(F)c(F)c1F. The second-order valence-electron chi connectivity index (χ2n) is 4.64. The second-order valence-corrected chi connectivity index (χ2v) is 5.62. The third kappa shape index (κ3) is 4.45. The lowest BCUT2D eigenvalue weighted by Gasteiger charge is -2.13. The van der Waals surface area contributed by atoms with E-state index in [1.807, 2.05) is 16.8 Å². The molecule has 0 saturated carbocycles. The van der Waals surface area contributed by atoms with Crippen LogP contribution in [0.1, 0.15) is 11.8 Å². The topological polar surface area (TPSA) is 55.4 Å². The number of thiophene rings is 1. The van der Waals surface area contributed by atoms with Crippen molar-refractivity contribution in [2.24, 2.45) is 0 Å². The lowest BCUT2D eigenvalue weighted by molar-refractivity contribution is -0.148. The molecule has 2 rings (SSSR count).